The Morgan fingerprint density at radius 1 is 1.16 bits per heavy atom. The van der Waals surface area contributed by atoms with Gasteiger partial charge >= 0.3 is 0 Å². The van der Waals surface area contributed by atoms with Crippen LogP contribution < -0.4 is 5.32 Å². The number of hydrogen-bond acceptors (Lipinski definition) is 4. The molecule has 1 atom stereocenters. The van der Waals surface area contributed by atoms with Gasteiger partial charge in [-0.05, 0) is 43.4 Å². The van der Waals surface area contributed by atoms with E-state index in [1.807, 2.05) is 35.6 Å². The highest BCUT2D eigenvalue weighted by atomic mass is 32.2. The topological polar surface area (TPSA) is 59.3 Å². The van der Waals surface area contributed by atoms with Gasteiger partial charge in [-0.2, -0.15) is 0 Å². The van der Waals surface area contributed by atoms with Gasteiger partial charge in [0.2, 0.25) is 5.91 Å². The second-order valence-electron chi connectivity index (χ2n) is 6.67. The predicted octanol–water partition coefficient (Wildman–Crippen LogP) is 3.81. The van der Waals surface area contributed by atoms with Crippen LogP contribution in [0.25, 0.3) is 16.6 Å². The van der Waals surface area contributed by atoms with Crippen molar-refractivity contribution in [2.24, 2.45) is 0 Å². The second kappa shape index (κ2) is 7.04. The normalized spacial score (nSPS) is 17.0. The summed E-state index contributed by atoms with van der Waals surface area (Å²) in [5.74, 6) is 0.0916. The first-order valence-corrected chi connectivity index (χ1v) is 9.80. The number of fused-ring (bicyclic) bond motifs is 3. The molecule has 0 bridgehead atoms. The van der Waals surface area contributed by atoms with E-state index < -0.39 is 0 Å². The Morgan fingerprint density at radius 3 is 2.80 bits per heavy atom. The molecule has 2 heterocycles. The molecule has 1 fully saturated rings. The molecule has 130 valence electrons. The molecule has 1 aromatic carbocycles. The van der Waals surface area contributed by atoms with Gasteiger partial charge in [-0.1, -0.05) is 49.2 Å². The summed E-state index contributed by atoms with van der Waals surface area (Å²) >= 11 is 1.47. The molecule has 0 saturated heterocycles. The Morgan fingerprint density at radius 2 is 1.96 bits per heavy atom. The van der Waals surface area contributed by atoms with Crippen molar-refractivity contribution in [3.63, 3.8) is 0 Å². The zero-order valence-corrected chi connectivity index (χ0v) is 15.1. The Balaban J connectivity index is 1.55. The smallest absolute Gasteiger partial charge is 0.233 e. The highest BCUT2D eigenvalue weighted by molar-refractivity contribution is 8.00. The Labute approximate surface area is 151 Å². The van der Waals surface area contributed by atoms with Gasteiger partial charge in [0.1, 0.15) is 0 Å². The molecule has 25 heavy (non-hydrogen) atoms. The van der Waals surface area contributed by atoms with E-state index in [1.165, 1.54) is 31.0 Å². The average Bonchev–Trinajstić information content (AvgIpc) is 3.06. The van der Waals surface area contributed by atoms with Crippen molar-refractivity contribution >= 4 is 34.2 Å². The molecule has 6 heteroatoms. The van der Waals surface area contributed by atoms with E-state index in [-0.39, 0.29) is 11.2 Å². The molecule has 1 aliphatic rings. The lowest BCUT2D eigenvalue weighted by Crippen LogP contribution is -2.40. The van der Waals surface area contributed by atoms with Crippen molar-refractivity contribution in [1.29, 1.82) is 0 Å². The third-order valence-corrected chi connectivity index (χ3v) is 5.89. The lowest BCUT2D eigenvalue weighted by Gasteiger charge is -2.24. The first kappa shape index (κ1) is 16.4. The van der Waals surface area contributed by atoms with Gasteiger partial charge in [0.25, 0.3) is 0 Å². The van der Waals surface area contributed by atoms with Crippen molar-refractivity contribution < 1.29 is 4.79 Å². The summed E-state index contributed by atoms with van der Waals surface area (Å²) in [6.07, 6.45) is 5.92. The summed E-state index contributed by atoms with van der Waals surface area (Å²) in [4.78, 5) is 12.5. The fourth-order valence-corrected chi connectivity index (χ4v) is 4.34. The molecular weight excluding hydrogens is 332 g/mol. The van der Waals surface area contributed by atoms with Crippen LogP contribution in [-0.4, -0.2) is 31.8 Å². The van der Waals surface area contributed by atoms with E-state index >= 15 is 0 Å². The molecule has 3 aromatic rings. The minimum Gasteiger partial charge on any atom is -0.352 e. The Kier molecular flexibility index (Phi) is 4.61. The van der Waals surface area contributed by atoms with Gasteiger partial charge in [0.05, 0.1) is 10.8 Å². The molecule has 4 rings (SSSR count). The molecular formula is C19H22N4OS. The van der Waals surface area contributed by atoms with Crippen LogP contribution in [0.3, 0.4) is 0 Å². The third kappa shape index (κ3) is 3.35. The van der Waals surface area contributed by atoms with Crippen LogP contribution in [0.5, 0.6) is 0 Å². The van der Waals surface area contributed by atoms with Crippen LogP contribution in [-0.2, 0) is 4.79 Å². The summed E-state index contributed by atoms with van der Waals surface area (Å²) in [5, 5.41) is 13.5. The maximum atomic E-state index is 12.5. The number of nitrogens with one attached hydrogen (secondary N) is 1. The summed E-state index contributed by atoms with van der Waals surface area (Å²) in [7, 11) is 0. The molecule has 1 amide bonds. The highest BCUT2D eigenvalue weighted by Crippen LogP contribution is 2.26. The van der Waals surface area contributed by atoms with E-state index in [0.29, 0.717) is 6.04 Å². The first-order valence-electron chi connectivity index (χ1n) is 8.92. The van der Waals surface area contributed by atoms with E-state index in [2.05, 4.69) is 27.6 Å². The fourth-order valence-electron chi connectivity index (χ4n) is 3.47. The summed E-state index contributed by atoms with van der Waals surface area (Å²) < 4.78 is 2.03. The number of thioether (sulfide) groups is 1. The maximum Gasteiger partial charge on any atom is 0.233 e. The number of benzene rings is 1. The van der Waals surface area contributed by atoms with Crippen molar-refractivity contribution in [2.75, 3.05) is 0 Å². The van der Waals surface area contributed by atoms with E-state index in [4.69, 9.17) is 0 Å². The molecule has 0 spiro atoms. The number of hydrogen-bond donors (Lipinski definition) is 1. The highest BCUT2D eigenvalue weighted by Gasteiger charge is 2.22. The number of amides is 1. The zero-order chi connectivity index (χ0) is 17.2. The molecule has 0 radical (unpaired) electrons. The van der Waals surface area contributed by atoms with Crippen LogP contribution in [0.15, 0.2) is 41.6 Å². The summed E-state index contributed by atoms with van der Waals surface area (Å²) in [5.41, 5.74) is 1.87. The lowest BCUT2D eigenvalue weighted by atomic mass is 9.95. The van der Waals surface area contributed by atoms with Crippen molar-refractivity contribution in [3.05, 3.63) is 36.4 Å². The number of para-hydroxylation sites is 1. The minimum absolute atomic E-state index is 0.0916. The van der Waals surface area contributed by atoms with Gasteiger partial charge in [-0.15, -0.1) is 10.2 Å². The SMILES string of the molecule is CC(Sc1nnc2ccc3ccccc3n12)C(=O)NC1CCCCC1. The standard InChI is InChI=1S/C19H22N4OS/c1-13(18(24)20-15-8-3-2-4-9-15)25-19-22-21-17-12-11-14-7-5-6-10-16(14)23(17)19/h5-7,10-13,15H,2-4,8-9H2,1H3,(H,20,24). The fraction of sp³-hybridized carbons (Fsp3) is 0.421. The van der Waals surface area contributed by atoms with Gasteiger partial charge in [0.15, 0.2) is 10.8 Å². The summed E-state index contributed by atoms with van der Waals surface area (Å²) in [6, 6.07) is 12.5. The Hall–Kier alpha value is -2.08. The summed E-state index contributed by atoms with van der Waals surface area (Å²) in [6.45, 7) is 1.94. The lowest BCUT2D eigenvalue weighted by molar-refractivity contribution is -0.121. The molecule has 1 unspecified atom stereocenters. The quantitative estimate of drug-likeness (QED) is 0.724. The molecule has 0 aliphatic heterocycles. The van der Waals surface area contributed by atoms with Crippen LogP contribution in [0.2, 0.25) is 0 Å². The van der Waals surface area contributed by atoms with E-state index in [9.17, 15) is 4.79 Å². The number of rotatable bonds is 4. The predicted molar refractivity (Wildman–Crippen MR) is 101 cm³/mol. The van der Waals surface area contributed by atoms with Crippen LogP contribution >= 0.6 is 11.8 Å². The van der Waals surface area contributed by atoms with Crippen LogP contribution in [0, 0.1) is 0 Å². The number of nitrogens with zero attached hydrogens (tertiary/aromatic N) is 3. The van der Waals surface area contributed by atoms with Crippen LogP contribution in [0.1, 0.15) is 39.0 Å². The molecule has 1 saturated carbocycles. The van der Waals surface area contributed by atoms with Gasteiger partial charge < -0.3 is 5.32 Å². The largest absolute Gasteiger partial charge is 0.352 e. The van der Waals surface area contributed by atoms with E-state index in [1.54, 1.807) is 0 Å². The monoisotopic (exact) mass is 354 g/mol. The second-order valence-corrected chi connectivity index (χ2v) is 7.98. The van der Waals surface area contributed by atoms with Gasteiger partial charge in [0, 0.05) is 6.04 Å². The van der Waals surface area contributed by atoms with Crippen LogP contribution in [0.4, 0.5) is 0 Å². The first-order chi connectivity index (χ1) is 12.2. The number of pyridine rings is 1. The maximum absolute atomic E-state index is 12.5. The zero-order valence-electron chi connectivity index (χ0n) is 14.3. The third-order valence-electron chi connectivity index (χ3n) is 4.85. The molecule has 2 aromatic heterocycles. The van der Waals surface area contributed by atoms with Crippen molar-refractivity contribution in [1.82, 2.24) is 19.9 Å². The van der Waals surface area contributed by atoms with Crippen molar-refractivity contribution in [3.8, 4) is 0 Å². The molecule has 1 N–H and O–H groups in total. The molecule has 5 nitrogen and oxygen atoms in total. The number of carbonyl (C=O) groups excluding carboxylic acids is 1. The average molecular weight is 354 g/mol. The minimum atomic E-state index is -0.201. The van der Waals surface area contributed by atoms with E-state index in [0.717, 1.165) is 34.5 Å². The Bertz CT molecular complexity index is 901. The number of carbonyl (C=O) groups is 1. The van der Waals surface area contributed by atoms with Gasteiger partial charge in [-0.3, -0.25) is 9.20 Å². The van der Waals surface area contributed by atoms with Crippen molar-refractivity contribution in [2.45, 2.75) is 55.5 Å². The van der Waals surface area contributed by atoms with Gasteiger partial charge in [-0.25, -0.2) is 0 Å². The number of aromatic nitrogens is 3. The molecule has 1 aliphatic carbocycles.